The maximum atomic E-state index is 11.6. The van der Waals surface area contributed by atoms with E-state index in [1.54, 1.807) is 0 Å². The lowest BCUT2D eigenvalue weighted by Gasteiger charge is -2.20. The molecule has 0 fully saturated rings. The average molecular weight is 200 g/mol. The second kappa shape index (κ2) is 4.43. The van der Waals surface area contributed by atoms with Gasteiger partial charge in [-0.3, -0.25) is 4.79 Å². The Kier molecular flexibility index (Phi) is 3.00. The van der Waals surface area contributed by atoms with Crippen LogP contribution in [0.4, 0.5) is 0 Å². The molecule has 0 bridgehead atoms. The number of hydrogen-bond acceptors (Lipinski definition) is 1. The number of fused-ring (bicyclic) bond motifs is 1. The zero-order valence-electron chi connectivity index (χ0n) is 9.12. The third kappa shape index (κ3) is 1.87. The minimum atomic E-state index is 0.224. The lowest BCUT2D eigenvalue weighted by atomic mass is 9.81. The molecule has 0 N–H and O–H groups in total. The van der Waals surface area contributed by atoms with Gasteiger partial charge in [0.2, 0.25) is 0 Å². The Morgan fingerprint density at radius 1 is 1.13 bits per heavy atom. The molecule has 0 heterocycles. The van der Waals surface area contributed by atoms with Crippen molar-refractivity contribution in [2.45, 2.75) is 32.6 Å². The highest BCUT2D eigenvalue weighted by Gasteiger charge is 2.28. The Balaban J connectivity index is 2.05. The molecule has 1 heteroatoms. The number of carbonyl (C=O) groups is 1. The number of hydrogen-bond donors (Lipinski definition) is 0. The van der Waals surface area contributed by atoms with Crippen LogP contribution in [0.3, 0.4) is 0 Å². The van der Waals surface area contributed by atoms with Gasteiger partial charge in [-0.25, -0.2) is 0 Å². The Bertz CT molecular complexity index is 402. The quantitative estimate of drug-likeness (QED) is 0.533. The Morgan fingerprint density at radius 3 is 2.60 bits per heavy atom. The molecule has 1 aromatic rings. The number of Topliss-reactive ketones (excluding diaryl/α,β-unsaturated/α-hetero) is 1. The minimum Gasteiger partial charge on any atom is -0.289 e. The molecule has 0 aromatic heterocycles. The van der Waals surface area contributed by atoms with Crippen LogP contribution in [-0.4, -0.2) is 5.78 Å². The van der Waals surface area contributed by atoms with Gasteiger partial charge in [-0.2, -0.15) is 0 Å². The molecule has 1 aliphatic carbocycles. The third-order valence-electron chi connectivity index (χ3n) is 2.86. The van der Waals surface area contributed by atoms with Gasteiger partial charge in [0.25, 0.3) is 0 Å². The van der Waals surface area contributed by atoms with Crippen molar-refractivity contribution < 1.29 is 4.79 Å². The summed E-state index contributed by atoms with van der Waals surface area (Å²) in [5.41, 5.74) is 2.96. The van der Waals surface area contributed by atoms with Crippen LogP contribution in [0.25, 0.3) is 5.57 Å². The van der Waals surface area contributed by atoms with Gasteiger partial charge in [0.15, 0.2) is 5.78 Å². The number of carbonyl (C=O) groups excluding carboxylic acids is 1. The van der Waals surface area contributed by atoms with Crippen molar-refractivity contribution in [1.29, 1.82) is 0 Å². The number of allylic oxidation sites excluding steroid dienone is 2. The normalized spacial score (nSPS) is 16.3. The SMILES string of the molecule is CCCCC/C=C1/C(=O)c2ccccc21. The van der Waals surface area contributed by atoms with E-state index in [1.807, 2.05) is 24.3 Å². The van der Waals surface area contributed by atoms with E-state index in [0.29, 0.717) is 0 Å². The van der Waals surface area contributed by atoms with E-state index >= 15 is 0 Å². The maximum absolute atomic E-state index is 11.6. The van der Waals surface area contributed by atoms with Gasteiger partial charge >= 0.3 is 0 Å². The van der Waals surface area contributed by atoms with Gasteiger partial charge in [-0.15, -0.1) is 0 Å². The predicted molar refractivity (Wildman–Crippen MR) is 62.9 cm³/mol. The summed E-state index contributed by atoms with van der Waals surface area (Å²) < 4.78 is 0. The molecule has 0 amide bonds. The fraction of sp³-hybridized carbons (Fsp3) is 0.357. The molecular formula is C14H16O. The average Bonchev–Trinajstić information content (AvgIpc) is 2.28. The summed E-state index contributed by atoms with van der Waals surface area (Å²) in [5, 5.41) is 0. The predicted octanol–water partition coefficient (Wildman–Crippen LogP) is 3.85. The molecule has 78 valence electrons. The Hall–Kier alpha value is -1.37. The van der Waals surface area contributed by atoms with Crippen LogP contribution in [0.5, 0.6) is 0 Å². The molecule has 0 saturated heterocycles. The molecule has 1 aliphatic rings. The molecule has 1 aromatic carbocycles. The zero-order valence-corrected chi connectivity index (χ0v) is 9.12. The molecule has 0 radical (unpaired) electrons. The fourth-order valence-corrected chi connectivity index (χ4v) is 1.96. The highest BCUT2D eigenvalue weighted by Crippen LogP contribution is 2.34. The summed E-state index contributed by atoms with van der Waals surface area (Å²) >= 11 is 0. The van der Waals surface area contributed by atoms with Crippen LogP contribution in [0, 0.1) is 0 Å². The summed E-state index contributed by atoms with van der Waals surface area (Å²) in [6.45, 7) is 2.19. The molecule has 0 spiro atoms. The standard InChI is InChI=1S/C14H16O/c1-2-3-4-5-9-12-11-8-6-7-10-13(11)14(12)15/h6-10H,2-5H2,1H3/b12-9+. The molecular weight excluding hydrogens is 184 g/mol. The van der Waals surface area contributed by atoms with Gasteiger partial charge < -0.3 is 0 Å². The molecule has 0 unspecified atom stereocenters. The number of ketones is 1. The topological polar surface area (TPSA) is 17.1 Å². The summed E-state index contributed by atoms with van der Waals surface area (Å²) in [4.78, 5) is 11.6. The van der Waals surface area contributed by atoms with Crippen LogP contribution in [0.1, 0.15) is 48.5 Å². The van der Waals surface area contributed by atoms with Crippen molar-refractivity contribution >= 4 is 11.4 Å². The molecule has 0 aliphatic heterocycles. The van der Waals surface area contributed by atoms with Crippen LogP contribution in [0.2, 0.25) is 0 Å². The van der Waals surface area contributed by atoms with E-state index in [9.17, 15) is 4.79 Å². The second-order valence-electron chi connectivity index (χ2n) is 3.99. The van der Waals surface area contributed by atoms with E-state index in [0.717, 1.165) is 23.1 Å². The smallest absolute Gasteiger partial charge is 0.193 e. The van der Waals surface area contributed by atoms with Crippen molar-refractivity contribution in [2.75, 3.05) is 0 Å². The number of benzene rings is 1. The highest BCUT2D eigenvalue weighted by molar-refractivity contribution is 6.39. The lowest BCUT2D eigenvalue weighted by molar-refractivity contribution is 0.104. The molecule has 0 atom stereocenters. The first-order valence-corrected chi connectivity index (χ1v) is 5.69. The third-order valence-corrected chi connectivity index (χ3v) is 2.86. The lowest BCUT2D eigenvalue weighted by Crippen LogP contribution is -2.16. The van der Waals surface area contributed by atoms with E-state index in [4.69, 9.17) is 0 Å². The van der Waals surface area contributed by atoms with Gasteiger partial charge in [-0.1, -0.05) is 50.1 Å². The van der Waals surface area contributed by atoms with Gasteiger partial charge in [-0.05, 0) is 18.4 Å². The first kappa shape index (κ1) is 10.2. The van der Waals surface area contributed by atoms with E-state index in [1.165, 1.54) is 19.3 Å². The van der Waals surface area contributed by atoms with Crippen molar-refractivity contribution in [1.82, 2.24) is 0 Å². The van der Waals surface area contributed by atoms with Crippen LogP contribution >= 0.6 is 0 Å². The van der Waals surface area contributed by atoms with Crippen molar-refractivity contribution in [3.63, 3.8) is 0 Å². The Morgan fingerprint density at radius 2 is 1.87 bits per heavy atom. The zero-order chi connectivity index (χ0) is 10.7. The van der Waals surface area contributed by atoms with Crippen LogP contribution in [0.15, 0.2) is 30.3 Å². The van der Waals surface area contributed by atoms with Gasteiger partial charge in [0.05, 0.1) is 0 Å². The summed E-state index contributed by atoms with van der Waals surface area (Å²) in [6, 6.07) is 7.85. The minimum absolute atomic E-state index is 0.224. The summed E-state index contributed by atoms with van der Waals surface area (Å²) in [5.74, 6) is 0.224. The molecule has 2 rings (SSSR count). The first-order valence-electron chi connectivity index (χ1n) is 5.69. The van der Waals surface area contributed by atoms with Crippen LogP contribution < -0.4 is 0 Å². The molecule has 15 heavy (non-hydrogen) atoms. The maximum Gasteiger partial charge on any atom is 0.193 e. The van der Waals surface area contributed by atoms with Crippen molar-refractivity contribution in [3.05, 3.63) is 41.5 Å². The second-order valence-corrected chi connectivity index (χ2v) is 3.99. The van der Waals surface area contributed by atoms with E-state index in [-0.39, 0.29) is 5.78 Å². The van der Waals surface area contributed by atoms with E-state index < -0.39 is 0 Å². The van der Waals surface area contributed by atoms with Crippen LogP contribution in [-0.2, 0) is 0 Å². The Labute approximate surface area is 90.8 Å². The van der Waals surface area contributed by atoms with Gasteiger partial charge in [0, 0.05) is 11.1 Å². The largest absolute Gasteiger partial charge is 0.289 e. The summed E-state index contributed by atoms with van der Waals surface area (Å²) in [6.07, 6.45) is 6.80. The molecule has 1 nitrogen and oxygen atoms in total. The first-order chi connectivity index (χ1) is 7.34. The van der Waals surface area contributed by atoms with E-state index in [2.05, 4.69) is 13.0 Å². The van der Waals surface area contributed by atoms with Gasteiger partial charge in [0.1, 0.15) is 0 Å². The fourth-order valence-electron chi connectivity index (χ4n) is 1.96. The van der Waals surface area contributed by atoms with Crippen molar-refractivity contribution in [2.24, 2.45) is 0 Å². The van der Waals surface area contributed by atoms with Crippen molar-refractivity contribution in [3.8, 4) is 0 Å². The molecule has 0 saturated carbocycles. The number of rotatable bonds is 4. The summed E-state index contributed by atoms with van der Waals surface area (Å²) in [7, 11) is 0. The monoisotopic (exact) mass is 200 g/mol. The number of unbranched alkanes of at least 4 members (excludes halogenated alkanes) is 3. The highest BCUT2D eigenvalue weighted by atomic mass is 16.1.